The highest BCUT2D eigenvalue weighted by Gasteiger charge is 2.12. The van der Waals surface area contributed by atoms with Gasteiger partial charge < -0.3 is 20.1 Å². The van der Waals surface area contributed by atoms with Crippen molar-refractivity contribution < 1.29 is 19.1 Å². The number of methoxy groups -OCH3 is 1. The van der Waals surface area contributed by atoms with Crippen molar-refractivity contribution in [3.05, 3.63) is 72.3 Å². The predicted molar refractivity (Wildman–Crippen MR) is 104 cm³/mol. The number of amides is 1. The summed E-state index contributed by atoms with van der Waals surface area (Å²) in [5.41, 5.74) is 0.916. The van der Waals surface area contributed by atoms with Crippen LogP contribution in [0.25, 0.3) is 0 Å². The average molecular weight is 378 g/mol. The maximum atomic E-state index is 11.9. The van der Waals surface area contributed by atoms with E-state index in [9.17, 15) is 9.59 Å². The molecule has 1 heterocycles. The van der Waals surface area contributed by atoms with Gasteiger partial charge in [-0.05, 0) is 36.4 Å². The van der Waals surface area contributed by atoms with Gasteiger partial charge in [-0.15, -0.1) is 10.2 Å². The smallest absolute Gasteiger partial charge is 0.339 e. The average Bonchev–Trinajstić information content (AvgIpc) is 2.74. The number of nitrogens with zero attached hydrogens (tertiary/aromatic N) is 2. The molecule has 2 N–H and O–H groups in total. The van der Waals surface area contributed by atoms with E-state index in [4.69, 9.17) is 9.47 Å². The summed E-state index contributed by atoms with van der Waals surface area (Å²) in [6, 6.07) is 19.1. The number of esters is 1. The van der Waals surface area contributed by atoms with Crippen LogP contribution in [-0.4, -0.2) is 35.8 Å². The van der Waals surface area contributed by atoms with Crippen LogP contribution in [0.1, 0.15) is 10.4 Å². The lowest BCUT2D eigenvalue weighted by Crippen LogP contribution is -2.21. The molecule has 8 heteroatoms. The zero-order valence-electron chi connectivity index (χ0n) is 15.1. The van der Waals surface area contributed by atoms with E-state index in [0.717, 1.165) is 0 Å². The Morgan fingerprint density at radius 1 is 0.893 bits per heavy atom. The van der Waals surface area contributed by atoms with Gasteiger partial charge in [-0.1, -0.05) is 30.3 Å². The normalized spacial score (nSPS) is 10.0. The van der Waals surface area contributed by atoms with Crippen molar-refractivity contribution in [2.75, 3.05) is 24.4 Å². The Hall–Kier alpha value is -3.94. The molecule has 0 radical (unpaired) electrons. The van der Waals surface area contributed by atoms with Gasteiger partial charge in [0.1, 0.15) is 5.75 Å². The van der Waals surface area contributed by atoms with Crippen LogP contribution in [0, 0.1) is 0 Å². The third-order valence-electron chi connectivity index (χ3n) is 3.64. The number of para-hydroxylation sites is 2. The quantitative estimate of drug-likeness (QED) is 0.609. The van der Waals surface area contributed by atoms with Crippen molar-refractivity contribution in [3.8, 4) is 5.75 Å². The summed E-state index contributed by atoms with van der Waals surface area (Å²) in [4.78, 5) is 23.7. The molecule has 0 saturated heterocycles. The predicted octanol–water partition coefficient (Wildman–Crippen LogP) is 3.02. The number of ether oxygens (including phenoxy) is 2. The van der Waals surface area contributed by atoms with Crippen LogP contribution in [0.5, 0.6) is 5.75 Å². The number of benzene rings is 2. The van der Waals surface area contributed by atoms with Crippen molar-refractivity contribution in [2.24, 2.45) is 0 Å². The van der Waals surface area contributed by atoms with Crippen molar-refractivity contribution >= 4 is 29.2 Å². The highest BCUT2D eigenvalue weighted by atomic mass is 16.5. The summed E-state index contributed by atoms with van der Waals surface area (Å²) in [6.45, 7) is -0.141. The number of carbonyl (C=O) groups is 2. The Kier molecular flexibility index (Phi) is 6.14. The Morgan fingerprint density at radius 3 is 2.29 bits per heavy atom. The molecular formula is C20H18N4O4. The zero-order valence-corrected chi connectivity index (χ0v) is 15.1. The van der Waals surface area contributed by atoms with Crippen LogP contribution >= 0.6 is 0 Å². The van der Waals surface area contributed by atoms with Gasteiger partial charge in [0.15, 0.2) is 18.2 Å². The largest absolute Gasteiger partial charge is 0.484 e. The maximum absolute atomic E-state index is 11.9. The van der Waals surface area contributed by atoms with Gasteiger partial charge >= 0.3 is 5.97 Å². The second-order valence-electron chi connectivity index (χ2n) is 5.62. The fourth-order valence-corrected chi connectivity index (χ4v) is 2.33. The minimum Gasteiger partial charge on any atom is -0.484 e. The third kappa shape index (κ3) is 5.04. The summed E-state index contributed by atoms with van der Waals surface area (Å²) in [7, 11) is 1.32. The SMILES string of the molecule is COC(=O)c1ccccc1Nc1ccc(NC(=O)COc2ccccc2)nn1. The second-order valence-corrected chi connectivity index (χ2v) is 5.62. The zero-order chi connectivity index (χ0) is 19.8. The first-order chi connectivity index (χ1) is 13.7. The number of rotatable bonds is 7. The molecule has 8 nitrogen and oxygen atoms in total. The monoisotopic (exact) mass is 378 g/mol. The molecule has 0 atom stereocenters. The first-order valence-electron chi connectivity index (χ1n) is 8.41. The van der Waals surface area contributed by atoms with E-state index in [1.807, 2.05) is 18.2 Å². The number of carbonyl (C=O) groups excluding carboxylic acids is 2. The lowest BCUT2D eigenvalue weighted by atomic mass is 10.2. The molecule has 0 aliphatic rings. The standard InChI is InChI=1S/C20H18N4O4/c1-27-20(26)15-9-5-6-10-16(15)21-17-11-12-18(24-23-17)22-19(25)13-28-14-7-3-2-4-8-14/h2-12H,13H2,1H3,(H,21,23)(H,22,24,25). The molecule has 28 heavy (non-hydrogen) atoms. The second kappa shape index (κ2) is 9.13. The van der Waals surface area contributed by atoms with Crippen molar-refractivity contribution in [1.82, 2.24) is 10.2 Å². The summed E-state index contributed by atoms with van der Waals surface area (Å²) < 4.78 is 10.1. The molecule has 3 rings (SSSR count). The van der Waals surface area contributed by atoms with E-state index >= 15 is 0 Å². The van der Waals surface area contributed by atoms with Crippen molar-refractivity contribution in [3.63, 3.8) is 0 Å². The Labute approximate surface area is 161 Å². The third-order valence-corrected chi connectivity index (χ3v) is 3.64. The fourth-order valence-electron chi connectivity index (χ4n) is 2.33. The minimum absolute atomic E-state index is 0.141. The molecule has 0 bridgehead atoms. The van der Waals surface area contributed by atoms with Gasteiger partial charge in [0, 0.05) is 0 Å². The topological polar surface area (TPSA) is 102 Å². The number of aromatic nitrogens is 2. The molecule has 1 aromatic heterocycles. The van der Waals surface area contributed by atoms with Crippen LogP contribution in [0.15, 0.2) is 66.7 Å². The summed E-state index contributed by atoms with van der Waals surface area (Å²) >= 11 is 0. The van der Waals surface area contributed by atoms with E-state index in [2.05, 4.69) is 20.8 Å². The molecule has 0 aliphatic carbocycles. The van der Waals surface area contributed by atoms with Gasteiger partial charge in [-0.25, -0.2) is 4.79 Å². The van der Waals surface area contributed by atoms with Crippen LogP contribution in [-0.2, 0) is 9.53 Å². The fraction of sp³-hybridized carbons (Fsp3) is 0.100. The van der Waals surface area contributed by atoms with Gasteiger partial charge in [0.05, 0.1) is 18.4 Å². The van der Waals surface area contributed by atoms with E-state index in [1.54, 1.807) is 48.5 Å². The van der Waals surface area contributed by atoms with Crippen LogP contribution in [0.2, 0.25) is 0 Å². The lowest BCUT2D eigenvalue weighted by Gasteiger charge is -2.10. The molecule has 0 saturated carbocycles. The van der Waals surface area contributed by atoms with Gasteiger partial charge in [0.2, 0.25) is 0 Å². The molecule has 0 fully saturated rings. The maximum Gasteiger partial charge on any atom is 0.339 e. The van der Waals surface area contributed by atoms with Crippen molar-refractivity contribution in [1.29, 1.82) is 0 Å². The molecule has 0 spiro atoms. The minimum atomic E-state index is -0.460. The molecule has 0 unspecified atom stereocenters. The Balaban J connectivity index is 1.58. The molecule has 142 valence electrons. The van der Waals surface area contributed by atoms with E-state index in [-0.39, 0.29) is 18.3 Å². The molecule has 3 aromatic rings. The molecule has 1 amide bonds. The Bertz CT molecular complexity index is 946. The van der Waals surface area contributed by atoms with Gasteiger partial charge in [-0.2, -0.15) is 0 Å². The number of nitrogens with one attached hydrogen (secondary N) is 2. The number of hydrogen-bond acceptors (Lipinski definition) is 7. The number of anilines is 3. The highest BCUT2D eigenvalue weighted by Crippen LogP contribution is 2.20. The molecule has 0 aliphatic heterocycles. The van der Waals surface area contributed by atoms with E-state index in [1.165, 1.54) is 7.11 Å². The van der Waals surface area contributed by atoms with Crippen LogP contribution < -0.4 is 15.4 Å². The summed E-state index contributed by atoms with van der Waals surface area (Å²) in [6.07, 6.45) is 0. The molecule has 2 aromatic carbocycles. The lowest BCUT2D eigenvalue weighted by molar-refractivity contribution is -0.118. The van der Waals surface area contributed by atoms with Gasteiger partial charge in [0.25, 0.3) is 5.91 Å². The van der Waals surface area contributed by atoms with Crippen LogP contribution in [0.4, 0.5) is 17.3 Å². The molecular weight excluding hydrogens is 360 g/mol. The first kappa shape index (κ1) is 18.8. The van der Waals surface area contributed by atoms with Gasteiger partial charge in [-0.3, -0.25) is 4.79 Å². The van der Waals surface area contributed by atoms with E-state index in [0.29, 0.717) is 22.8 Å². The summed E-state index contributed by atoms with van der Waals surface area (Å²) in [5, 5.41) is 13.6. The Morgan fingerprint density at radius 2 is 1.57 bits per heavy atom. The first-order valence-corrected chi connectivity index (χ1v) is 8.41. The van der Waals surface area contributed by atoms with E-state index < -0.39 is 5.97 Å². The van der Waals surface area contributed by atoms with Crippen LogP contribution in [0.3, 0.4) is 0 Å². The number of hydrogen-bond donors (Lipinski definition) is 2. The van der Waals surface area contributed by atoms with Crippen molar-refractivity contribution in [2.45, 2.75) is 0 Å². The summed E-state index contributed by atoms with van der Waals surface area (Å²) in [5.74, 6) is 0.490. The highest BCUT2D eigenvalue weighted by molar-refractivity contribution is 5.96.